The Labute approximate surface area is 152 Å². The standard InChI is InChI=1S/C21H34N2O2/c1-3-5-14-25-20-9-6-17(15-21(20)24-4-2)16-22-18-10-12-23(13-11-18)19-7-8-19/h6,9,15,18-19,22H,3-5,7-8,10-14,16H2,1-2H3. The summed E-state index contributed by atoms with van der Waals surface area (Å²) >= 11 is 0. The predicted octanol–water partition coefficient (Wildman–Crippen LogP) is 3.98. The van der Waals surface area contributed by atoms with Crippen molar-refractivity contribution in [3.63, 3.8) is 0 Å². The number of likely N-dealkylation sites (tertiary alicyclic amines) is 1. The molecule has 1 N–H and O–H groups in total. The van der Waals surface area contributed by atoms with Gasteiger partial charge in [0.2, 0.25) is 0 Å². The Morgan fingerprint density at radius 2 is 1.84 bits per heavy atom. The Bertz CT molecular complexity index is 523. The quantitative estimate of drug-likeness (QED) is 0.650. The molecule has 0 bridgehead atoms. The van der Waals surface area contributed by atoms with Crippen LogP contribution in [0.4, 0.5) is 0 Å². The maximum absolute atomic E-state index is 5.87. The highest BCUT2D eigenvalue weighted by molar-refractivity contribution is 5.43. The van der Waals surface area contributed by atoms with E-state index in [1.807, 2.05) is 6.92 Å². The number of nitrogens with one attached hydrogen (secondary N) is 1. The molecule has 2 aliphatic rings. The predicted molar refractivity (Wildman–Crippen MR) is 102 cm³/mol. The lowest BCUT2D eigenvalue weighted by atomic mass is 10.0. The van der Waals surface area contributed by atoms with E-state index in [1.165, 1.54) is 44.3 Å². The number of nitrogens with zero attached hydrogens (tertiary/aromatic N) is 1. The van der Waals surface area contributed by atoms with Crippen molar-refractivity contribution < 1.29 is 9.47 Å². The molecule has 1 aliphatic carbocycles. The zero-order valence-corrected chi connectivity index (χ0v) is 15.9. The lowest BCUT2D eigenvalue weighted by Gasteiger charge is -2.32. The molecule has 1 aromatic rings. The number of unbranched alkanes of at least 4 members (excludes halogenated alkanes) is 1. The molecule has 1 saturated heterocycles. The average Bonchev–Trinajstić information content (AvgIpc) is 3.47. The molecule has 0 amide bonds. The molecule has 4 heteroatoms. The minimum atomic E-state index is 0.644. The van der Waals surface area contributed by atoms with Crippen molar-refractivity contribution in [1.82, 2.24) is 10.2 Å². The third-order valence-electron chi connectivity index (χ3n) is 5.25. The van der Waals surface area contributed by atoms with E-state index in [1.54, 1.807) is 0 Å². The maximum Gasteiger partial charge on any atom is 0.161 e. The summed E-state index contributed by atoms with van der Waals surface area (Å²) in [7, 11) is 0. The van der Waals surface area contributed by atoms with Crippen molar-refractivity contribution in [3.05, 3.63) is 23.8 Å². The number of hydrogen-bond donors (Lipinski definition) is 1. The van der Waals surface area contributed by atoms with Gasteiger partial charge in [-0.2, -0.15) is 0 Å². The van der Waals surface area contributed by atoms with Crippen molar-refractivity contribution in [2.45, 2.75) is 71.0 Å². The minimum absolute atomic E-state index is 0.644. The summed E-state index contributed by atoms with van der Waals surface area (Å²) in [5, 5.41) is 3.74. The zero-order chi connectivity index (χ0) is 17.5. The van der Waals surface area contributed by atoms with E-state index in [0.717, 1.165) is 43.5 Å². The van der Waals surface area contributed by atoms with E-state index in [9.17, 15) is 0 Å². The van der Waals surface area contributed by atoms with Gasteiger partial charge in [0.1, 0.15) is 0 Å². The van der Waals surface area contributed by atoms with Crippen LogP contribution in [0.3, 0.4) is 0 Å². The van der Waals surface area contributed by atoms with Crippen LogP contribution in [-0.4, -0.2) is 43.3 Å². The fourth-order valence-corrected chi connectivity index (χ4v) is 3.55. The summed E-state index contributed by atoms with van der Waals surface area (Å²) in [6, 6.07) is 7.92. The molecule has 0 unspecified atom stereocenters. The number of rotatable bonds is 10. The summed E-state index contributed by atoms with van der Waals surface area (Å²) < 4.78 is 11.7. The van der Waals surface area contributed by atoms with Crippen LogP contribution in [0.1, 0.15) is 57.9 Å². The van der Waals surface area contributed by atoms with E-state index < -0.39 is 0 Å². The summed E-state index contributed by atoms with van der Waals surface area (Å²) in [6.07, 6.45) is 7.61. The summed E-state index contributed by atoms with van der Waals surface area (Å²) in [5.74, 6) is 1.75. The van der Waals surface area contributed by atoms with Gasteiger partial charge in [-0.1, -0.05) is 19.4 Å². The van der Waals surface area contributed by atoms with Gasteiger partial charge in [0, 0.05) is 18.6 Å². The molecule has 3 rings (SSSR count). The lowest BCUT2D eigenvalue weighted by molar-refractivity contribution is 0.189. The third-order valence-corrected chi connectivity index (χ3v) is 5.25. The van der Waals surface area contributed by atoms with Crippen molar-refractivity contribution in [1.29, 1.82) is 0 Å². The number of piperidine rings is 1. The van der Waals surface area contributed by atoms with Gasteiger partial charge >= 0.3 is 0 Å². The van der Waals surface area contributed by atoms with Crippen LogP contribution >= 0.6 is 0 Å². The highest BCUT2D eigenvalue weighted by Gasteiger charge is 2.31. The second-order valence-corrected chi connectivity index (χ2v) is 7.34. The largest absolute Gasteiger partial charge is 0.490 e. The lowest BCUT2D eigenvalue weighted by Crippen LogP contribution is -2.43. The van der Waals surface area contributed by atoms with Gasteiger partial charge < -0.3 is 19.7 Å². The number of hydrogen-bond acceptors (Lipinski definition) is 4. The molecular weight excluding hydrogens is 312 g/mol. The summed E-state index contributed by atoms with van der Waals surface area (Å²) in [4.78, 5) is 2.67. The number of ether oxygens (including phenoxy) is 2. The van der Waals surface area contributed by atoms with Crippen molar-refractivity contribution in [2.24, 2.45) is 0 Å². The molecular formula is C21H34N2O2. The van der Waals surface area contributed by atoms with Gasteiger partial charge in [0.05, 0.1) is 13.2 Å². The first-order valence-corrected chi connectivity index (χ1v) is 10.2. The molecule has 2 fully saturated rings. The first-order valence-electron chi connectivity index (χ1n) is 10.2. The average molecular weight is 347 g/mol. The first-order chi connectivity index (χ1) is 12.3. The second-order valence-electron chi connectivity index (χ2n) is 7.34. The molecule has 1 heterocycles. The fourth-order valence-electron chi connectivity index (χ4n) is 3.55. The van der Waals surface area contributed by atoms with Gasteiger partial charge in [0.15, 0.2) is 11.5 Å². The molecule has 4 nitrogen and oxygen atoms in total. The Morgan fingerprint density at radius 3 is 2.52 bits per heavy atom. The van der Waals surface area contributed by atoms with Crippen molar-refractivity contribution in [2.75, 3.05) is 26.3 Å². The van der Waals surface area contributed by atoms with E-state index >= 15 is 0 Å². The highest BCUT2D eigenvalue weighted by Crippen LogP contribution is 2.30. The fraction of sp³-hybridized carbons (Fsp3) is 0.714. The smallest absolute Gasteiger partial charge is 0.161 e. The molecule has 0 aromatic heterocycles. The highest BCUT2D eigenvalue weighted by atomic mass is 16.5. The molecule has 0 spiro atoms. The van der Waals surface area contributed by atoms with Crippen LogP contribution in [0.5, 0.6) is 11.5 Å². The molecule has 0 radical (unpaired) electrons. The van der Waals surface area contributed by atoms with Crippen LogP contribution in [0.25, 0.3) is 0 Å². The van der Waals surface area contributed by atoms with Gasteiger partial charge in [-0.05, 0) is 69.8 Å². The molecule has 1 aliphatic heterocycles. The van der Waals surface area contributed by atoms with Crippen molar-refractivity contribution in [3.8, 4) is 11.5 Å². The molecule has 0 atom stereocenters. The molecule has 1 aromatic carbocycles. The third kappa shape index (κ3) is 5.61. The minimum Gasteiger partial charge on any atom is -0.490 e. The van der Waals surface area contributed by atoms with E-state index in [2.05, 4.69) is 35.3 Å². The van der Waals surface area contributed by atoms with Crippen LogP contribution in [0.15, 0.2) is 18.2 Å². The molecule has 140 valence electrons. The van der Waals surface area contributed by atoms with Gasteiger partial charge in [-0.25, -0.2) is 0 Å². The van der Waals surface area contributed by atoms with Crippen LogP contribution in [0, 0.1) is 0 Å². The van der Waals surface area contributed by atoms with Gasteiger partial charge in [-0.15, -0.1) is 0 Å². The summed E-state index contributed by atoms with van der Waals surface area (Å²) in [6.45, 7) is 9.05. The summed E-state index contributed by atoms with van der Waals surface area (Å²) in [5.41, 5.74) is 1.27. The van der Waals surface area contributed by atoms with Crippen molar-refractivity contribution >= 4 is 0 Å². The van der Waals surface area contributed by atoms with E-state index in [0.29, 0.717) is 12.6 Å². The van der Waals surface area contributed by atoms with E-state index in [-0.39, 0.29) is 0 Å². The van der Waals surface area contributed by atoms with Gasteiger partial charge in [-0.3, -0.25) is 0 Å². The molecule has 1 saturated carbocycles. The van der Waals surface area contributed by atoms with Gasteiger partial charge in [0.25, 0.3) is 0 Å². The Morgan fingerprint density at radius 1 is 1.04 bits per heavy atom. The second kappa shape index (κ2) is 9.44. The first kappa shape index (κ1) is 18.5. The van der Waals surface area contributed by atoms with Crippen LogP contribution in [0.2, 0.25) is 0 Å². The van der Waals surface area contributed by atoms with Crippen LogP contribution in [-0.2, 0) is 6.54 Å². The van der Waals surface area contributed by atoms with E-state index in [4.69, 9.17) is 9.47 Å². The maximum atomic E-state index is 5.87. The SMILES string of the molecule is CCCCOc1ccc(CNC2CCN(C3CC3)CC2)cc1OCC. The number of benzene rings is 1. The Kier molecular flexibility index (Phi) is 7.00. The Hall–Kier alpha value is -1.26. The Balaban J connectivity index is 1.48. The monoisotopic (exact) mass is 346 g/mol. The topological polar surface area (TPSA) is 33.7 Å². The zero-order valence-electron chi connectivity index (χ0n) is 15.9. The molecule has 25 heavy (non-hydrogen) atoms. The normalized spacial score (nSPS) is 19.1. The van der Waals surface area contributed by atoms with Crippen LogP contribution < -0.4 is 14.8 Å².